The number of hydrogen-bond donors (Lipinski definition) is 0. The van der Waals surface area contributed by atoms with Crippen molar-refractivity contribution in [1.29, 1.82) is 0 Å². The number of alkyl halides is 1. The number of fused-ring (bicyclic) bond motifs is 1. The number of rotatable bonds is 3. The zero-order chi connectivity index (χ0) is 12.4. The molecule has 2 rings (SSSR count). The minimum absolute atomic E-state index is 0.0838. The summed E-state index contributed by atoms with van der Waals surface area (Å²) in [6.45, 7) is 2.85. The van der Waals surface area contributed by atoms with Crippen molar-refractivity contribution in [3.05, 3.63) is 27.8 Å². The van der Waals surface area contributed by atoms with E-state index in [1.54, 1.807) is 6.07 Å². The molecule has 0 aromatic heterocycles. The summed E-state index contributed by atoms with van der Waals surface area (Å²) in [5.74, 6) is 1.04. The number of nitro groups is 1. The first-order chi connectivity index (χ1) is 8.08. The van der Waals surface area contributed by atoms with Crippen molar-refractivity contribution < 1.29 is 14.4 Å². The maximum atomic E-state index is 11.0. The molecule has 0 fully saturated rings. The van der Waals surface area contributed by atoms with E-state index >= 15 is 0 Å². The Morgan fingerprint density at radius 2 is 2.00 bits per heavy atom. The van der Waals surface area contributed by atoms with Crippen LogP contribution < -0.4 is 9.47 Å². The van der Waals surface area contributed by atoms with Crippen LogP contribution in [0.25, 0.3) is 0 Å². The van der Waals surface area contributed by atoms with Crippen LogP contribution in [0, 0.1) is 10.1 Å². The van der Waals surface area contributed by atoms with Crippen LogP contribution in [-0.4, -0.2) is 23.0 Å². The second kappa shape index (κ2) is 4.91. The zero-order valence-corrected chi connectivity index (χ0v) is 10.9. The van der Waals surface area contributed by atoms with Gasteiger partial charge in [0.15, 0.2) is 11.5 Å². The molecule has 1 heterocycles. The predicted molar refractivity (Wildman–Crippen MR) is 66.2 cm³/mol. The maximum absolute atomic E-state index is 11.0. The number of halogens is 1. The van der Waals surface area contributed by atoms with E-state index in [0.717, 1.165) is 0 Å². The highest BCUT2D eigenvalue weighted by molar-refractivity contribution is 9.09. The van der Waals surface area contributed by atoms with Crippen LogP contribution in [0.5, 0.6) is 11.5 Å². The van der Waals surface area contributed by atoms with Crippen LogP contribution in [-0.2, 0) is 6.42 Å². The van der Waals surface area contributed by atoms with Crippen molar-refractivity contribution in [3.8, 4) is 11.5 Å². The molecule has 0 amide bonds. The molecule has 1 atom stereocenters. The standard InChI is InChI=1S/C11H12BrNO4/c1-7(12)4-8-5-10-11(17-3-2-16-10)6-9(8)13(14)15/h5-7H,2-4H2,1H3. The van der Waals surface area contributed by atoms with Gasteiger partial charge in [-0.15, -0.1) is 0 Å². The third-order valence-electron chi connectivity index (χ3n) is 2.44. The third kappa shape index (κ3) is 2.69. The Kier molecular flexibility index (Phi) is 3.51. The molecule has 92 valence electrons. The molecule has 1 unspecified atom stereocenters. The molecule has 1 aromatic rings. The fraction of sp³-hybridized carbons (Fsp3) is 0.455. The molecule has 5 nitrogen and oxygen atoms in total. The van der Waals surface area contributed by atoms with Gasteiger partial charge >= 0.3 is 0 Å². The Morgan fingerprint density at radius 1 is 1.41 bits per heavy atom. The van der Waals surface area contributed by atoms with E-state index in [1.807, 2.05) is 6.92 Å². The van der Waals surface area contributed by atoms with Crippen molar-refractivity contribution in [1.82, 2.24) is 0 Å². The minimum atomic E-state index is -0.386. The Hall–Kier alpha value is -1.30. The lowest BCUT2D eigenvalue weighted by atomic mass is 10.1. The number of ether oxygens (including phenoxy) is 2. The summed E-state index contributed by atoms with van der Waals surface area (Å²) in [6.07, 6.45) is 0.576. The van der Waals surface area contributed by atoms with E-state index in [2.05, 4.69) is 15.9 Å². The fourth-order valence-corrected chi connectivity index (χ4v) is 2.11. The fourth-order valence-electron chi connectivity index (χ4n) is 1.76. The molecule has 0 bridgehead atoms. The molecular formula is C11H12BrNO4. The predicted octanol–water partition coefficient (Wildman–Crippen LogP) is 2.69. The smallest absolute Gasteiger partial charge is 0.276 e. The monoisotopic (exact) mass is 301 g/mol. The number of benzene rings is 1. The van der Waals surface area contributed by atoms with Crippen LogP contribution in [0.4, 0.5) is 5.69 Å². The van der Waals surface area contributed by atoms with Gasteiger partial charge in [0.2, 0.25) is 0 Å². The van der Waals surface area contributed by atoms with Crippen molar-refractivity contribution in [2.45, 2.75) is 18.2 Å². The maximum Gasteiger partial charge on any atom is 0.276 e. The highest BCUT2D eigenvalue weighted by Gasteiger charge is 2.22. The second-order valence-corrected chi connectivity index (χ2v) is 5.43. The van der Waals surface area contributed by atoms with Gasteiger partial charge in [-0.05, 0) is 12.5 Å². The summed E-state index contributed by atoms with van der Waals surface area (Å²) < 4.78 is 10.8. The average molecular weight is 302 g/mol. The van der Waals surface area contributed by atoms with Gasteiger partial charge in [0, 0.05) is 10.4 Å². The number of nitro benzene ring substituents is 1. The van der Waals surface area contributed by atoms with E-state index in [1.165, 1.54) is 6.07 Å². The molecule has 6 heteroatoms. The normalized spacial score (nSPS) is 15.4. The van der Waals surface area contributed by atoms with Gasteiger partial charge in [-0.25, -0.2) is 0 Å². The number of hydrogen-bond acceptors (Lipinski definition) is 4. The molecule has 0 spiro atoms. The lowest BCUT2D eigenvalue weighted by Gasteiger charge is -2.19. The molecule has 1 aliphatic heterocycles. The topological polar surface area (TPSA) is 61.6 Å². The summed E-state index contributed by atoms with van der Waals surface area (Å²) in [6, 6.07) is 3.14. The average Bonchev–Trinajstić information content (AvgIpc) is 2.27. The van der Waals surface area contributed by atoms with Crippen LogP contribution in [0.1, 0.15) is 12.5 Å². The lowest BCUT2D eigenvalue weighted by molar-refractivity contribution is -0.385. The summed E-state index contributed by atoms with van der Waals surface area (Å²) in [4.78, 5) is 10.8. The first kappa shape index (κ1) is 12.2. The number of nitrogens with zero attached hydrogens (tertiary/aromatic N) is 1. The van der Waals surface area contributed by atoms with E-state index in [4.69, 9.17) is 9.47 Å². The highest BCUT2D eigenvalue weighted by atomic mass is 79.9. The van der Waals surface area contributed by atoms with E-state index < -0.39 is 0 Å². The minimum Gasteiger partial charge on any atom is -0.486 e. The Morgan fingerprint density at radius 3 is 2.53 bits per heavy atom. The Bertz CT molecular complexity index is 447. The Balaban J connectivity index is 2.44. The molecule has 0 saturated carbocycles. The van der Waals surface area contributed by atoms with Gasteiger partial charge < -0.3 is 9.47 Å². The van der Waals surface area contributed by atoms with Gasteiger partial charge in [-0.3, -0.25) is 10.1 Å². The third-order valence-corrected chi connectivity index (χ3v) is 2.77. The summed E-state index contributed by atoms with van der Waals surface area (Å²) in [5.41, 5.74) is 0.740. The van der Waals surface area contributed by atoms with Gasteiger partial charge in [-0.1, -0.05) is 22.9 Å². The van der Waals surface area contributed by atoms with Gasteiger partial charge in [0.1, 0.15) is 13.2 Å². The van der Waals surface area contributed by atoms with E-state index in [0.29, 0.717) is 36.7 Å². The largest absolute Gasteiger partial charge is 0.486 e. The lowest BCUT2D eigenvalue weighted by Crippen LogP contribution is -2.16. The van der Waals surface area contributed by atoms with Gasteiger partial charge in [0.05, 0.1) is 11.0 Å². The molecule has 0 radical (unpaired) electrons. The van der Waals surface area contributed by atoms with Crippen molar-refractivity contribution in [2.75, 3.05) is 13.2 Å². The first-order valence-corrected chi connectivity index (χ1v) is 6.20. The SMILES string of the molecule is CC(Br)Cc1cc2c(cc1[N+](=O)[O-])OCCO2. The molecule has 0 saturated heterocycles. The quantitative estimate of drug-likeness (QED) is 0.489. The molecule has 1 aliphatic rings. The van der Waals surface area contributed by atoms with Crippen molar-refractivity contribution in [3.63, 3.8) is 0 Å². The van der Waals surface area contributed by atoms with Crippen LogP contribution in [0.2, 0.25) is 0 Å². The van der Waals surface area contributed by atoms with Crippen LogP contribution >= 0.6 is 15.9 Å². The zero-order valence-electron chi connectivity index (χ0n) is 9.31. The molecule has 0 aliphatic carbocycles. The highest BCUT2D eigenvalue weighted by Crippen LogP contribution is 2.37. The van der Waals surface area contributed by atoms with Gasteiger partial charge in [0.25, 0.3) is 5.69 Å². The molecule has 0 N–H and O–H groups in total. The van der Waals surface area contributed by atoms with E-state index in [9.17, 15) is 10.1 Å². The van der Waals surface area contributed by atoms with Crippen molar-refractivity contribution in [2.24, 2.45) is 0 Å². The first-order valence-electron chi connectivity index (χ1n) is 5.29. The summed E-state index contributed by atoms with van der Waals surface area (Å²) in [7, 11) is 0. The second-order valence-electron chi connectivity index (χ2n) is 3.87. The van der Waals surface area contributed by atoms with Gasteiger partial charge in [-0.2, -0.15) is 0 Å². The molecular weight excluding hydrogens is 290 g/mol. The van der Waals surface area contributed by atoms with Crippen molar-refractivity contribution >= 4 is 21.6 Å². The van der Waals surface area contributed by atoms with Crippen LogP contribution in [0.3, 0.4) is 0 Å². The summed E-state index contributed by atoms with van der Waals surface area (Å²) >= 11 is 3.40. The van der Waals surface area contributed by atoms with Crippen LogP contribution in [0.15, 0.2) is 12.1 Å². The Labute approximate surface area is 107 Å². The van der Waals surface area contributed by atoms with E-state index in [-0.39, 0.29) is 15.4 Å². The molecule has 1 aromatic carbocycles. The molecule has 17 heavy (non-hydrogen) atoms. The summed E-state index contributed by atoms with van der Waals surface area (Å²) in [5, 5.41) is 11.0.